The second kappa shape index (κ2) is 19.8. The molecule has 0 heterocycles. The second-order valence-corrected chi connectivity index (χ2v) is 8.90. The summed E-state index contributed by atoms with van der Waals surface area (Å²) in [6.07, 6.45) is 16.8. The molecule has 7 nitrogen and oxygen atoms in total. The fraction of sp³-hybridized carbons (Fsp3) is 0.800. The molecule has 3 N–H and O–H groups in total. The molecule has 0 fully saturated rings. The van der Waals surface area contributed by atoms with E-state index in [1.54, 1.807) is 0 Å². The molecule has 7 heteroatoms. The summed E-state index contributed by atoms with van der Waals surface area (Å²) in [6.45, 7) is 5.03. The Labute approximate surface area is 194 Å². The number of unbranched alkanes of at least 4 members (excludes halogenated alkanes) is 7. The number of allylic oxidation sites excluding steroid dienone is 2. The van der Waals surface area contributed by atoms with Crippen molar-refractivity contribution in [3.05, 3.63) is 12.2 Å². The van der Waals surface area contributed by atoms with Crippen LogP contribution in [-0.4, -0.2) is 63.9 Å². The van der Waals surface area contributed by atoms with Crippen molar-refractivity contribution in [2.45, 2.75) is 103 Å². The van der Waals surface area contributed by atoms with Crippen molar-refractivity contribution in [3.8, 4) is 0 Å². The van der Waals surface area contributed by atoms with Gasteiger partial charge in [0.15, 0.2) is 0 Å². The summed E-state index contributed by atoms with van der Waals surface area (Å²) in [5.41, 5.74) is 0. The summed E-state index contributed by atoms with van der Waals surface area (Å²) in [5.74, 6) is -2.49. The zero-order chi connectivity index (χ0) is 24.1. The van der Waals surface area contributed by atoms with Crippen LogP contribution >= 0.6 is 0 Å². The SMILES string of the molecule is CCC/C=C/CCCCCCCC[N+](CCCC(=O)O)(CCCC(=O)O)CCCC(=O)O. The summed E-state index contributed by atoms with van der Waals surface area (Å²) < 4.78 is 0.635. The molecule has 0 amide bonds. The van der Waals surface area contributed by atoms with Gasteiger partial charge in [0, 0.05) is 19.3 Å². The Kier molecular flexibility index (Phi) is 18.6. The molecule has 0 aromatic carbocycles. The minimum Gasteiger partial charge on any atom is -0.481 e. The van der Waals surface area contributed by atoms with Crippen LogP contribution in [0, 0.1) is 0 Å². The molecule has 0 aromatic heterocycles. The third kappa shape index (κ3) is 18.8. The lowest BCUT2D eigenvalue weighted by molar-refractivity contribution is -0.929. The third-order valence-corrected chi connectivity index (χ3v) is 5.94. The molecular weight excluding hydrogens is 410 g/mol. The van der Waals surface area contributed by atoms with Gasteiger partial charge in [0.05, 0.1) is 45.4 Å². The fourth-order valence-electron chi connectivity index (χ4n) is 4.19. The summed E-state index contributed by atoms with van der Waals surface area (Å²) >= 11 is 0. The third-order valence-electron chi connectivity index (χ3n) is 5.94. The van der Waals surface area contributed by atoms with Gasteiger partial charge in [-0.05, 0) is 32.1 Å². The minimum absolute atomic E-state index is 0.0879. The maximum Gasteiger partial charge on any atom is 0.303 e. The molecule has 0 aromatic rings. The number of nitrogens with zero attached hydrogens (tertiary/aromatic N) is 1. The maximum absolute atomic E-state index is 11.0. The van der Waals surface area contributed by atoms with Crippen molar-refractivity contribution in [1.82, 2.24) is 0 Å². The molecule has 0 saturated heterocycles. The van der Waals surface area contributed by atoms with Gasteiger partial charge >= 0.3 is 17.9 Å². The predicted octanol–water partition coefficient (Wildman–Crippen LogP) is 5.48. The Morgan fingerprint density at radius 1 is 0.562 bits per heavy atom. The minimum atomic E-state index is -0.830. The lowest BCUT2D eigenvalue weighted by Gasteiger charge is -2.39. The smallest absolute Gasteiger partial charge is 0.303 e. The first-order chi connectivity index (χ1) is 15.3. The van der Waals surface area contributed by atoms with E-state index in [2.05, 4.69) is 19.1 Å². The lowest BCUT2D eigenvalue weighted by Crippen LogP contribution is -2.51. The number of quaternary nitrogens is 1. The quantitative estimate of drug-likeness (QED) is 0.107. The van der Waals surface area contributed by atoms with Crippen LogP contribution in [0.4, 0.5) is 0 Å². The van der Waals surface area contributed by atoms with Crippen LogP contribution in [0.2, 0.25) is 0 Å². The fourth-order valence-corrected chi connectivity index (χ4v) is 4.19. The number of rotatable bonds is 23. The van der Waals surface area contributed by atoms with Gasteiger partial charge in [-0.1, -0.05) is 44.8 Å². The number of hydrogen-bond donors (Lipinski definition) is 3. The average molecular weight is 457 g/mol. The van der Waals surface area contributed by atoms with Crippen molar-refractivity contribution in [3.63, 3.8) is 0 Å². The standard InChI is InChI=1S/C25H45NO6/c1-2-3-4-5-6-7-8-9-10-11-12-19-26(20-13-16-23(27)28,21-14-17-24(29)30)22-15-18-25(31)32/h4-5H,2-3,6-22H2,1H3,(H2-,27,28,29,30,31,32)/p+1/b5-4+. The van der Waals surface area contributed by atoms with Crippen LogP contribution < -0.4 is 0 Å². The van der Waals surface area contributed by atoms with Crippen LogP contribution in [0.3, 0.4) is 0 Å². The summed E-state index contributed by atoms with van der Waals surface area (Å²) in [6, 6.07) is 0. The molecule has 0 radical (unpaired) electrons. The van der Waals surface area contributed by atoms with E-state index in [0.717, 1.165) is 38.6 Å². The van der Waals surface area contributed by atoms with Gasteiger partial charge in [0.2, 0.25) is 0 Å². The summed E-state index contributed by atoms with van der Waals surface area (Å²) in [4.78, 5) is 33.0. The van der Waals surface area contributed by atoms with Crippen LogP contribution in [-0.2, 0) is 14.4 Å². The van der Waals surface area contributed by atoms with E-state index >= 15 is 0 Å². The number of carboxylic acids is 3. The van der Waals surface area contributed by atoms with Crippen LogP contribution in [0.1, 0.15) is 103 Å². The van der Waals surface area contributed by atoms with Gasteiger partial charge in [0.25, 0.3) is 0 Å². The molecule has 0 aliphatic rings. The van der Waals surface area contributed by atoms with Gasteiger partial charge in [-0.3, -0.25) is 14.4 Å². The molecule has 0 bridgehead atoms. The van der Waals surface area contributed by atoms with E-state index in [9.17, 15) is 14.4 Å². The predicted molar refractivity (Wildman–Crippen MR) is 127 cm³/mol. The van der Waals surface area contributed by atoms with Gasteiger partial charge in [-0.2, -0.15) is 0 Å². The zero-order valence-corrected chi connectivity index (χ0v) is 20.1. The second-order valence-electron chi connectivity index (χ2n) is 8.90. The molecule has 32 heavy (non-hydrogen) atoms. The van der Waals surface area contributed by atoms with Crippen LogP contribution in [0.5, 0.6) is 0 Å². The van der Waals surface area contributed by atoms with E-state index in [-0.39, 0.29) is 19.3 Å². The van der Waals surface area contributed by atoms with Gasteiger partial charge in [-0.15, -0.1) is 0 Å². The topological polar surface area (TPSA) is 112 Å². The Hall–Kier alpha value is -1.89. The zero-order valence-electron chi connectivity index (χ0n) is 20.1. The Bertz CT molecular complexity index is 496. The van der Waals surface area contributed by atoms with Crippen molar-refractivity contribution in [2.75, 3.05) is 26.2 Å². The first-order valence-corrected chi connectivity index (χ1v) is 12.5. The highest BCUT2D eigenvalue weighted by Gasteiger charge is 2.27. The first-order valence-electron chi connectivity index (χ1n) is 12.5. The van der Waals surface area contributed by atoms with Gasteiger partial charge in [-0.25, -0.2) is 0 Å². The Morgan fingerprint density at radius 2 is 0.938 bits per heavy atom. The van der Waals surface area contributed by atoms with E-state index in [0.29, 0.717) is 43.4 Å². The number of hydrogen-bond acceptors (Lipinski definition) is 3. The summed E-state index contributed by atoms with van der Waals surface area (Å²) in [7, 11) is 0. The number of carboxylic acid groups (broad SMARTS) is 3. The Balaban J connectivity index is 4.59. The first kappa shape index (κ1) is 30.1. The van der Waals surface area contributed by atoms with Crippen molar-refractivity contribution in [1.29, 1.82) is 0 Å². The normalized spacial score (nSPS) is 11.8. The lowest BCUT2D eigenvalue weighted by atomic mass is 10.1. The van der Waals surface area contributed by atoms with Crippen LogP contribution in [0.15, 0.2) is 12.2 Å². The summed E-state index contributed by atoms with van der Waals surface area (Å²) in [5, 5.41) is 27.1. The molecule has 186 valence electrons. The van der Waals surface area contributed by atoms with Crippen molar-refractivity contribution < 1.29 is 34.2 Å². The van der Waals surface area contributed by atoms with Crippen molar-refractivity contribution >= 4 is 17.9 Å². The van der Waals surface area contributed by atoms with E-state index in [4.69, 9.17) is 15.3 Å². The molecule has 0 aliphatic carbocycles. The Morgan fingerprint density at radius 3 is 1.38 bits per heavy atom. The number of aliphatic carboxylic acids is 3. The van der Waals surface area contributed by atoms with E-state index < -0.39 is 17.9 Å². The highest BCUT2D eigenvalue weighted by molar-refractivity contribution is 5.67. The van der Waals surface area contributed by atoms with Crippen LogP contribution in [0.25, 0.3) is 0 Å². The van der Waals surface area contributed by atoms with E-state index in [1.165, 1.54) is 25.7 Å². The average Bonchev–Trinajstić information content (AvgIpc) is 2.71. The van der Waals surface area contributed by atoms with Gasteiger partial charge < -0.3 is 19.8 Å². The highest BCUT2D eigenvalue weighted by atomic mass is 16.4. The largest absolute Gasteiger partial charge is 0.481 e. The monoisotopic (exact) mass is 456 g/mol. The molecule has 0 atom stereocenters. The van der Waals surface area contributed by atoms with Crippen molar-refractivity contribution in [2.24, 2.45) is 0 Å². The maximum atomic E-state index is 11.0. The molecular formula is C25H46NO6+. The molecule has 0 unspecified atom stereocenters. The van der Waals surface area contributed by atoms with E-state index in [1.807, 2.05) is 0 Å². The molecule has 0 aliphatic heterocycles. The highest BCUT2D eigenvalue weighted by Crippen LogP contribution is 2.18. The van der Waals surface area contributed by atoms with Gasteiger partial charge in [0.1, 0.15) is 0 Å². The molecule has 0 saturated carbocycles. The molecule has 0 spiro atoms. The number of carbonyl (C=O) groups is 3. The molecule has 0 rings (SSSR count).